The summed E-state index contributed by atoms with van der Waals surface area (Å²) in [7, 11) is 0. The van der Waals surface area contributed by atoms with Gasteiger partial charge in [-0.25, -0.2) is 4.79 Å². The molecule has 2 nitrogen and oxygen atoms in total. The highest BCUT2D eigenvalue weighted by Crippen LogP contribution is 2.00. The van der Waals surface area contributed by atoms with E-state index in [2.05, 4.69) is 49.5 Å². The maximum Gasteiger partial charge on any atom is 0.330 e. The first-order chi connectivity index (χ1) is 11.8. The van der Waals surface area contributed by atoms with E-state index in [1.165, 1.54) is 6.08 Å². The summed E-state index contributed by atoms with van der Waals surface area (Å²) in [6.07, 6.45) is 30.8. The summed E-state index contributed by atoms with van der Waals surface area (Å²) in [5.74, 6) is -0.301. The molecule has 0 aliphatic heterocycles. The van der Waals surface area contributed by atoms with Crippen LogP contribution >= 0.6 is 0 Å². The van der Waals surface area contributed by atoms with Gasteiger partial charge in [0.15, 0.2) is 0 Å². The van der Waals surface area contributed by atoms with Gasteiger partial charge in [-0.1, -0.05) is 73.8 Å². The minimum atomic E-state index is -0.301. The quantitative estimate of drug-likeness (QED) is 0.131. The number of hydrogen-bond donors (Lipinski definition) is 0. The second-order valence-electron chi connectivity index (χ2n) is 5.15. The summed E-state index contributed by atoms with van der Waals surface area (Å²) in [6.45, 7) is 4.36. The van der Waals surface area contributed by atoms with Crippen LogP contribution in [0.25, 0.3) is 0 Å². The normalized spacial score (nSPS) is 12.9. The monoisotopic (exact) mass is 328 g/mol. The number of hydrogen-bond acceptors (Lipinski definition) is 2. The SMILES string of the molecule is CCC=CCC=CCC=CCCCC=CC=CC=CC(=O)OCC. The maximum absolute atomic E-state index is 11.0. The van der Waals surface area contributed by atoms with E-state index in [0.717, 1.165) is 38.5 Å². The lowest BCUT2D eigenvalue weighted by molar-refractivity contribution is -0.137. The zero-order valence-corrected chi connectivity index (χ0v) is 15.2. The minimum Gasteiger partial charge on any atom is -0.463 e. The number of allylic oxidation sites excluding steroid dienone is 11. The molecule has 0 aromatic carbocycles. The molecule has 0 amide bonds. The van der Waals surface area contributed by atoms with Crippen LogP contribution in [0.2, 0.25) is 0 Å². The molecule has 0 atom stereocenters. The van der Waals surface area contributed by atoms with Crippen molar-refractivity contribution in [3.8, 4) is 0 Å². The van der Waals surface area contributed by atoms with Gasteiger partial charge in [0.2, 0.25) is 0 Å². The molecule has 0 rings (SSSR count). The molecule has 0 heterocycles. The molecule has 0 bridgehead atoms. The van der Waals surface area contributed by atoms with Gasteiger partial charge in [0, 0.05) is 6.08 Å². The van der Waals surface area contributed by atoms with E-state index in [1.54, 1.807) is 13.0 Å². The van der Waals surface area contributed by atoms with Crippen molar-refractivity contribution >= 4 is 5.97 Å². The molecule has 0 spiro atoms. The molecule has 0 aromatic rings. The molecule has 0 unspecified atom stereocenters. The van der Waals surface area contributed by atoms with Crippen LogP contribution < -0.4 is 0 Å². The van der Waals surface area contributed by atoms with E-state index in [0.29, 0.717) is 6.61 Å². The Hall–Kier alpha value is -2.09. The summed E-state index contributed by atoms with van der Waals surface area (Å²) in [5.41, 5.74) is 0. The second kappa shape index (κ2) is 19.0. The summed E-state index contributed by atoms with van der Waals surface area (Å²) in [6, 6.07) is 0. The van der Waals surface area contributed by atoms with Gasteiger partial charge in [0.05, 0.1) is 6.61 Å². The van der Waals surface area contributed by atoms with Crippen LogP contribution in [0.4, 0.5) is 0 Å². The lowest BCUT2D eigenvalue weighted by atomic mass is 10.2. The second-order valence-corrected chi connectivity index (χ2v) is 5.15. The largest absolute Gasteiger partial charge is 0.463 e. The molecule has 0 fully saturated rings. The molecule has 0 N–H and O–H groups in total. The first-order valence-corrected chi connectivity index (χ1v) is 8.92. The van der Waals surface area contributed by atoms with E-state index < -0.39 is 0 Å². The van der Waals surface area contributed by atoms with Gasteiger partial charge in [-0.15, -0.1) is 0 Å². The van der Waals surface area contributed by atoms with E-state index in [-0.39, 0.29) is 5.97 Å². The van der Waals surface area contributed by atoms with Gasteiger partial charge in [0.25, 0.3) is 0 Å². The fourth-order valence-corrected chi connectivity index (χ4v) is 1.81. The van der Waals surface area contributed by atoms with Gasteiger partial charge < -0.3 is 4.74 Å². The van der Waals surface area contributed by atoms with Crippen molar-refractivity contribution in [3.63, 3.8) is 0 Å². The lowest BCUT2D eigenvalue weighted by Gasteiger charge is -1.92. The van der Waals surface area contributed by atoms with Crippen molar-refractivity contribution in [2.24, 2.45) is 0 Å². The van der Waals surface area contributed by atoms with Crippen molar-refractivity contribution in [2.75, 3.05) is 6.61 Å². The Morgan fingerprint density at radius 2 is 1.38 bits per heavy atom. The van der Waals surface area contributed by atoms with Crippen molar-refractivity contribution in [1.82, 2.24) is 0 Å². The van der Waals surface area contributed by atoms with E-state index in [1.807, 2.05) is 18.2 Å². The predicted molar refractivity (Wildman–Crippen MR) is 105 cm³/mol. The van der Waals surface area contributed by atoms with Gasteiger partial charge in [-0.3, -0.25) is 0 Å². The third kappa shape index (κ3) is 18.0. The molecule has 0 saturated carbocycles. The summed E-state index contributed by atoms with van der Waals surface area (Å²) >= 11 is 0. The van der Waals surface area contributed by atoms with E-state index in [4.69, 9.17) is 4.74 Å². The summed E-state index contributed by atoms with van der Waals surface area (Å²) < 4.78 is 4.78. The highest BCUT2D eigenvalue weighted by atomic mass is 16.5. The average molecular weight is 328 g/mol. The van der Waals surface area contributed by atoms with Crippen LogP contribution in [0, 0.1) is 0 Å². The van der Waals surface area contributed by atoms with Crippen LogP contribution in [0.3, 0.4) is 0 Å². The van der Waals surface area contributed by atoms with Crippen molar-refractivity contribution in [1.29, 1.82) is 0 Å². The smallest absolute Gasteiger partial charge is 0.330 e. The predicted octanol–water partition coefficient (Wildman–Crippen LogP) is 6.25. The number of unbranched alkanes of at least 4 members (excludes halogenated alkanes) is 2. The Kier molecular flexibility index (Phi) is 17.3. The molecule has 0 aromatic heterocycles. The number of rotatable bonds is 13. The van der Waals surface area contributed by atoms with Crippen LogP contribution in [0.5, 0.6) is 0 Å². The number of carbonyl (C=O) groups excluding carboxylic acids is 1. The van der Waals surface area contributed by atoms with Crippen LogP contribution in [-0.4, -0.2) is 12.6 Å². The third-order valence-corrected chi connectivity index (χ3v) is 3.01. The van der Waals surface area contributed by atoms with Crippen molar-refractivity contribution < 1.29 is 9.53 Å². The van der Waals surface area contributed by atoms with Crippen LogP contribution in [-0.2, 0) is 9.53 Å². The number of esters is 1. The summed E-state index contributed by atoms with van der Waals surface area (Å²) in [5, 5.41) is 0. The Morgan fingerprint density at radius 3 is 2.08 bits per heavy atom. The zero-order valence-electron chi connectivity index (χ0n) is 15.2. The van der Waals surface area contributed by atoms with Gasteiger partial charge in [-0.2, -0.15) is 0 Å². The van der Waals surface area contributed by atoms with E-state index in [9.17, 15) is 4.79 Å². The molecular formula is C22H32O2. The Morgan fingerprint density at radius 1 is 0.750 bits per heavy atom. The first kappa shape index (κ1) is 21.9. The Labute approximate surface area is 148 Å². The minimum absolute atomic E-state index is 0.301. The number of carbonyl (C=O) groups is 1. The van der Waals surface area contributed by atoms with Crippen LogP contribution in [0.1, 0.15) is 52.4 Å². The zero-order chi connectivity index (χ0) is 17.7. The maximum atomic E-state index is 11.0. The molecule has 0 aliphatic rings. The fraction of sp³-hybridized carbons (Fsp3) is 0.409. The Balaban J connectivity index is 3.56. The lowest BCUT2D eigenvalue weighted by Crippen LogP contribution is -1.98. The molecule has 2 heteroatoms. The topological polar surface area (TPSA) is 26.3 Å². The average Bonchev–Trinajstić information content (AvgIpc) is 2.58. The molecule has 0 aliphatic carbocycles. The highest BCUT2D eigenvalue weighted by molar-refractivity contribution is 5.82. The van der Waals surface area contributed by atoms with Gasteiger partial charge >= 0.3 is 5.97 Å². The van der Waals surface area contributed by atoms with Gasteiger partial charge in [0.1, 0.15) is 0 Å². The van der Waals surface area contributed by atoms with Gasteiger partial charge in [-0.05, 0) is 45.4 Å². The third-order valence-electron chi connectivity index (χ3n) is 3.01. The van der Waals surface area contributed by atoms with Crippen molar-refractivity contribution in [2.45, 2.75) is 52.4 Å². The molecule has 0 radical (unpaired) electrons. The highest BCUT2D eigenvalue weighted by Gasteiger charge is 1.89. The fourth-order valence-electron chi connectivity index (χ4n) is 1.81. The molecule has 24 heavy (non-hydrogen) atoms. The van der Waals surface area contributed by atoms with Crippen LogP contribution in [0.15, 0.2) is 72.9 Å². The summed E-state index contributed by atoms with van der Waals surface area (Å²) in [4.78, 5) is 11.0. The molecule has 0 saturated heterocycles. The first-order valence-electron chi connectivity index (χ1n) is 8.92. The van der Waals surface area contributed by atoms with Crippen molar-refractivity contribution in [3.05, 3.63) is 72.9 Å². The number of ether oxygens (including phenoxy) is 1. The molecular weight excluding hydrogens is 296 g/mol. The standard InChI is InChI=1S/C22H32O2/c1-3-5-6-7-8-9-10-11-12-13-14-15-16-17-18-19-20-21-22(23)24-4-2/h5-6,8-9,11-12,16-21H,3-4,7,10,13-15H2,1-2H3. The molecule has 132 valence electrons. The van der Waals surface area contributed by atoms with E-state index >= 15 is 0 Å². The Bertz CT molecular complexity index is 462.